The highest BCUT2D eigenvalue weighted by Gasteiger charge is 1.98. The molecule has 0 bridgehead atoms. The number of nitrogens with one attached hydrogen (secondary N) is 1. The maximum absolute atomic E-state index is 12.0. The molecule has 0 saturated heterocycles. The van der Waals surface area contributed by atoms with Crippen LogP contribution in [0.2, 0.25) is 0 Å². The largest absolute Gasteiger partial charge is 0.348 e. The molecule has 0 atom stereocenters. The molecule has 3 heteroatoms. The maximum atomic E-state index is 12.0. The van der Waals surface area contributed by atoms with Gasteiger partial charge in [-0.05, 0) is 6.92 Å². The van der Waals surface area contributed by atoms with Gasteiger partial charge >= 0.3 is 0 Å². The summed E-state index contributed by atoms with van der Waals surface area (Å²) in [5.74, 6) is 0.557. The number of amidine groups is 1. The molecule has 0 aromatic carbocycles. The van der Waals surface area contributed by atoms with Crippen LogP contribution in [-0.4, -0.2) is 12.4 Å². The molecule has 0 amide bonds. The predicted octanol–water partition coefficient (Wildman–Crippen LogP) is 0.819. The zero-order valence-electron chi connectivity index (χ0n) is 4.61. The molecule has 8 heavy (non-hydrogen) atoms. The van der Waals surface area contributed by atoms with E-state index in [1.807, 2.05) is 0 Å². The minimum Gasteiger partial charge on any atom is -0.348 e. The summed E-state index contributed by atoms with van der Waals surface area (Å²) in [5, 5.41) is 2.64. The van der Waals surface area contributed by atoms with E-state index in [1.54, 1.807) is 6.92 Å². The molecule has 0 fully saturated rings. The first-order valence-corrected chi connectivity index (χ1v) is 2.41. The number of rotatable bonds is 0. The third-order valence-electron chi connectivity index (χ3n) is 0.905. The molecule has 44 valence electrons. The first-order chi connectivity index (χ1) is 3.79. The molecule has 2 nitrogen and oxygen atoms in total. The molecule has 1 heterocycles. The van der Waals surface area contributed by atoms with E-state index in [4.69, 9.17) is 0 Å². The van der Waals surface area contributed by atoms with Crippen molar-refractivity contribution in [2.75, 3.05) is 6.54 Å². The van der Waals surface area contributed by atoms with E-state index in [9.17, 15) is 4.39 Å². The van der Waals surface area contributed by atoms with Crippen molar-refractivity contribution in [3.63, 3.8) is 0 Å². The van der Waals surface area contributed by atoms with Crippen LogP contribution < -0.4 is 5.32 Å². The normalized spacial score (nSPS) is 18.8. The van der Waals surface area contributed by atoms with E-state index >= 15 is 0 Å². The molecule has 0 saturated carbocycles. The first-order valence-electron chi connectivity index (χ1n) is 2.41. The summed E-state index contributed by atoms with van der Waals surface area (Å²) < 4.78 is 12.0. The quantitative estimate of drug-likeness (QED) is 0.495. The van der Waals surface area contributed by atoms with Crippen LogP contribution in [-0.2, 0) is 0 Å². The van der Waals surface area contributed by atoms with E-state index in [0.717, 1.165) is 5.84 Å². The Hall–Kier alpha value is -0.860. The summed E-state index contributed by atoms with van der Waals surface area (Å²) in [5.41, 5.74) is 0. The number of hydrogen-bond donors (Lipinski definition) is 1. The second-order valence-electron chi connectivity index (χ2n) is 1.64. The fraction of sp³-hybridized carbons (Fsp3) is 0.400. The van der Waals surface area contributed by atoms with Gasteiger partial charge in [0.25, 0.3) is 0 Å². The summed E-state index contributed by atoms with van der Waals surface area (Å²) in [6.07, 6.45) is 1.32. The van der Waals surface area contributed by atoms with E-state index in [2.05, 4.69) is 10.3 Å². The summed E-state index contributed by atoms with van der Waals surface area (Å²) in [6.45, 7) is 1.99. The van der Waals surface area contributed by atoms with Gasteiger partial charge in [-0.15, -0.1) is 0 Å². The third-order valence-corrected chi connectivity index (χ3v) is 0.905. The number of hydrogen-bond acceptors (Lipinski definition) is 2. The Morgan fingerprint density at radius 3 is 3.00 bits per heavy atom. The van der Waals surface area contributed by atoms with E-state index in [-0.39, 0.29) is 12.4 Å². The van der Waals surface area contributed by atoms with Crippen molar-refractivity contribution >= 4 is 5.84 Å². The van der Waals surface area contributed by atoms with Crippen molar-refractivity contribution < 1.29 is 4.39 Å². The molecule has 1 aliphatic heterocycles. The number of nitrogens with zero attached hydrogens (tertiary/aromatic N) is 1. The lowest BCUT2D eigenvalue weighted by Gasteiger charge is -2.04. The maximum Gasteiger partial charge on any atom is 0.137 e. The van der Waals surface area contributed by atoms with Crippen molar-refractivity contribution in [3.8, 4) is 0 Å². The molecule has 0 radical (unpaired) electrons. The lowest BCUT2D eigenvalue weighted by atomic mass is 10.5. The molecule has 0 aromatic rings. The zero-order chi connectivity index (χ0) is 5.98. The molecular weight excluding hydrogens is 107 g/mol. The van der Waals surface area contributed by atoms with E-state index < -0.39 is 0 Å². The Bertz CT molecular complexity index is 131. The Kier molecular flexibility index (Phi) is 1.28. The van der Waals surface area contributed by atoms with Crippen LogP contribution in [0.5, 0.6) is 0 Å². The average molecular weight is 114 g/mol. The molecule has 0 spiro atoms. The van der Waals surface area contributed by atoms with Crippen LogP contribution in [0, 0.1) is 0 Å². The molecule has 0 unspecified atom stereocenters. The zero-order valence-corrected chi connectivity index (χ0v) is 4.61. The summed E-state index contributed by atoms with van der Waals surface area (Å²) in [6, 6.07) is 0. The minimum atomic E-state index is -0.212. The fourth-order valence-electron chi connectivity index (χ4n) is 0.468. The Balaban J connectivity index is 2.54. The Morgan fingerprint density at radius 1 is 1.88 bits per heavy atom. The van der Waals surface area contributed by atoms with Crippen LogP contribution in [0.1, 0.15) is 6.92 Å². The van der Waals surface area contributed by atoms with Gasteiger partial charge in [-0.2, -0.15) is 0 Å². The summed E-state index contributed by atoms with van der Waals surface area (Å²) in [4.78, 5) is 3.77. The highest BCUT2D eigenvalue weighted by Crippen LogP contribution is 1.98. The van der Waals surface area contributed by atoms with Gasteiger partial charge in [-0.3, -0.25) is 4.99 Å². The van der Waals surface area contributed by atoms with Crippen molar-refractivity contribution in [1.29, 1.82) is 0 Å². The van der Waals surface area contributed by atoms with Crippen LogP contribution in [0.4, 0.5) is 4.39 Å². The fourth-order valence-corrected chi connectivity index (χ4v) is 0.468. The molecule has 1 aliphatic rings. The van der Waals surface area contributed by atoms with Crippen LogP contribution in [0.3, 0.4) is 0 Å². The second-order valence-corrected chi connectivity index (χ2v) is 1.64. The van der Waals surface area contributed by atoms with Crippen molar-refractivity contribution in [2.24, 2.45) is 4.99 Å². The molecular formula is C5H7FN2. The monoisotopic (exact) mass is 114 g/mol. The lowest BCUT2D eigenvalue weighted by molar-refractivity contribution is 0.606. The number of aliphatic imine (C=N–C) groups is 1. The summed E-state index contributed by atoms with van der Waals surface area (Å²) in [7, 11) is 0. The van der Waals surface area contributed by atoms with Crippen molar-refractivity contribution in [1.82, 2.24) is 5.32 Å². The molecule has 0 aromatic heterocycles. The predicted molar refractivity (Wildman–Crippen MR) is 30.3 cm³/mol. The van der Waals surface area contributed by atoms with Gasteiger partial charge in [0.15, 0.2) is 0 Å². The van der Waals surface area contributed by atoms with E-state index in [0.29, 0.717) is 0 Å². The molecule has 1 rings (SSSR count). The molecule has 0 aliphatic carbocycles. The SMILES string of the molecule is CC1=NCC(F)=CN1. The van der Waals surface area contributed by atoms with Gasteiger partial charge in [-0.1, -0.05) is 0 Å². The van der Waals surface area contributed by atoms with Gasteiger partial charge in [0.2, 0.25) is 0 Å². The first kappa shape index (κ1) is 5.28. The van der Waals surface area contributed by atoms with Crippen molar-refractivity contribution in [2.45, 2.75) is 6.92 Å². The standard InChI is InChI=1S/C5H7FN2/c1-4-7-2-5(6)3-8-4/h2H,3H2,1H3,(H,7,8). The second kappa shape index (κ2) is 1.94. The highest BCUT2D eigenvalue weighted by molar-refractivity contribution is 5.81. The highest BCUT2D eigenvalue weighted by atomic mass is 19.1. The van der Waals surface area contributed by atoms with Gasteiger partial charge < -0.3 is 5.32 Å². The van der Waals surface area contributed by atoms with E-state index in [1.165, 1.54) is 6.20 Å². The van der Waals surface area contributed by atoms with Gasteiger partial charge in [-0.25, -0.2) is 4.39 Å². The van der Waals surface area contributed by atoms with Gasteiger partial charge in [0, 0.05) is 6.20 Å². The van der Waals surface area contributed by atoms with Crippen molar-refractivity contribution in [3.05, 3.63) is 12.0 Å². The average Bonchev–Trinajstić information content (AvgIpc) is 1.77. The summed E-state index contributed by atoms with van der Waals surface area (Å²) >= 11 is 0. The van der Waals surface area contributed by atoms with Gasteiger partial charge in [0.1, 0.15) is 5.83 Å². The topological polar surface area (TPSA) is 24.4 Å². The van der Waals surface area contributed by atoms with Gasteiger partial charge in [0.05, 0.1) is 12.4 Å². The lowest BCUT2D eigenvalue weighted by Crippen LogP contribution is -2.18. The molecule has 1 N–H and O–H groups in total. The number of halogens is 1. The van der Waals surface area contributed by atoms with Crippen LogP contribution >= 0.6 is 0 Å². The van der Waals surface area contributed by atoms with Crippen LogP contribution in [0.15, 0.2) is 17.0 Å². The Labute approximate surface area is 47.1 Å². The Morgan fingerprint density at radius 2 is 2.62 bits per heavy atom. The third kappa shape index (κ3) is 1.05. The minimum absolute atomic E-state index is 0.193. The van der Waals surface area contributed by atoms with Crippen LogP contribution in [0.25, 0.3) is 0 Å². The smallest absolute Gasteiger partial charge is 0.137 e.